The molecule has 0 bridgehead atoms. The lowest BCUT2D eigenvalue weighted by Crippen LogP contribution is -2.36. The minimum Gasteiger partial charge on any atom is -0.435 e. The summed E-state index contributed by atoms with van der Waals surface area (Å²) in [6.45, 7) is 8.06. The van der Waals surface area contributed by atoms with Crippen molar-refractivity contribution in [2.75, 3.05) is 19.7 Å². The predicted octanol–water partition coefficient (Wildman–Crippen LogP) is 5.11. The Bertz CT molecular complexity index is 1070. The Labute approximate surface area is 200 Å². The monoisotopic (exact) mass is 467 g/mol. The van der Waals surface area contributed by atoms with E-state index in [1.54, 1.807) is 22.9 Å². The molecule has 0 aliphatic heterocycles. The van der Waals surface area contributed by atoms with E-state index in [-0.39, 0.29) is 11.9 Å². The molecule has 1 N–H and O–H groups in total. The van der Waals surface area contributed by atoms with Gasteiger partial charge in [0, 0.05) is 19.6 Å². The van der Waals surface area contributed by atoms with E-state index in [0.29, 0.717) is 31.5 Å². The van der Waals surface area contributed by atoms with Gasteiger partial charge in [0.25, 0.3) is 0 Å². The van der Waals surface area contributed by atoms with Crippen LogP contribution in [0.3, 0.4) is 0 Å². The highest BCUT2D eigenvalue weighted by atomic mass is 19.1. The highest BCUT2D eigenvalue weighted by Gasteiger charge is 2.28. The van der Waals surface area contributed by atoms with Gasteiger partial charge >= 0.3 is 0 Å². The molecule has 7 heteroatoms. The average molecular weight is 468 g/mol. The first-order chi connectivity index (χ1) is 16.4. The van der Waals surface area contributed by atoms with E-state index in [0.717, 1.165) is 23.5 Å². The first kappa shape index (κ1) is 24.4. The molecule has 0 spiro atoms. The summed E-state index contributed by atoms with van der Waals surface area (Å²) in [5.41, 5.74) is 2.52. The number of aliphatic hydroxyl groups is 1. The molecular weight excluding hydrogens is 433 g/mol. The number of hydrogen-bond donors (Lipinski definition) is 1. The van der Waals surface area contributed by atoms with Crippen LogP contribution in [0.4, 0.5) is 4.39 Å². The van der Waals surface area contributed by atoms with Crippen molar-refractivity contribution in [2.45, 2.75) is 52.4 Å². The van der Waals surface area contributed by atoms with E-state index in [4.69, 9.17) is 14.6 Å². The first-order valence-electron chi connectivity index (χ1n) is 12.0. The average Bonchev–Trinajstić information content (AvgIpc) is 3.58. The van der Waals surface area contributed by atoms with Crippen LogP contribution in [0.15, 0.2) is 54.6 Å². The molecule has 34 heavy (non-hydrogen) atoms. The maximum Gasteiger partial charge on any atom is 0.227 e. The SMILES string of the molecule is Cc1nn(-c2ccccc2)c(Oc2ccccc2F)c1CN(CC(O)COC(C)C)CC1CC1. The molecular formula is C27H34FN3O3. The third kappa shape index (κ3) is 6.44. The van der Waals surface area contributed by atoms with Crippen LogP contribution in [0.25, 0.3) is 5.69 Å². The Hall–Kier alpha value is -2.74. The second-order valence-electron chi connectivity index (χ2n) is 9.32. The molecule has 1 fully saturated rings. The van der Waals surface area contributed by atoms with E-state index in [2.05, 4.69) is 4.90 Å². The number of halogens is 1. The quantitative estimate of drug-likeness (QED) is 0.401. The fraction of sp³-hybridized carbons (Fsp3) is 0.444. The van der Waals surface area contributed by atoms with Crippen molar-refractivity contribution in [3.05, 3.63) is 71.7 Å². The fourth-order valence-corrected chi connectivity index (χ4v) is 3.95. The van der Waals surface area contributed by atoms with Gasteiger partial charge in [-0.15, -0.1) is 0 Å². The zero-order valence-electron chi connectivity index (χ0n) is 20.2. The van der Waals surface area contributed by atoms with Crippen molar-refractivity contribution in [1.82, 2.24) is 14.7 Å². The molecule has 1 atom stereocenters. The minimum atomic E-state index is -0.596. The van der Waals surface area contributed by atoms with Gasteiger partial charge in [-0.2, -0.15) is 5.10 Å². The largest absolute Gasteiger partial charge is 0.435 e. The normalized spacial score (nSPS) is 14.7. The van der Waals surface area contributed by atoms with Gasteiger partial charge in [0.05, 0.1) is 35.8 Å². The van der Waals surface area contributed by atoms with Crippen LogP contribution in [-0.2, 0) is 11.3 Å². The molecule has 1 aromatic heterocycles. The Kier molecular flexibility index (Phi) is 7.98. The van der Waals surface area contributed by atoms with Crippen LogP contribution in [-0.4, -0.2) is 51.7 Å². The summed E-state index contributed by atoms with van der Waals surface area (Å²) < 4.78 is 28.0. The number of aliphatic hydroxyl groups excluding tert-OH is 1. The number of aryl methyl sites for hydroxylation is 1. The van der Waals surface area contributed by atoms with Gasteiger partial charge in [-0.1, -0.05) is 30.3 Å². The summed E-state index contributed by atoms with van der Waals surface area (Å²) in [5.74, 6) is 0.851. The van der Waals surface area contributed by atoms with Gasteiger partial charge in [-0.25, -0.2) is 9.07 Å². The van der Waals surface area contributed by atoms with Crippen molar-refractivity contribution >= 4 is 0 Å². The molecule has 1 heterocycles. The number of nitrogens with zero attached hydrogens (tertiary/aromatic N) is 3. The zero-order chi connectivity index (χ0) is 24.1. The van der Waals surface area contributed by atoms with E-state index in [1.165, 1.54) is 18.9 Å². The van der Waals surface area contributed by atoms with Gasteiger partial charge in [0.15, 0.2) is 11.6 Å². The molecule has 3 aromatic rings. The summed E-state index contributed by atoms with van der Waals surface area (Å²) in [5, 5.41) is 15.4. The third-order valence-corrected chi connectivity index (χ3v) is 5.87. The van der Waals surface area contributed by atoms with Crippen LogP contribution in [0.1, 0.15) is 37.9 Å². The van der Waals surface area contributed by atoms with Crippen LogP contribution in [0.2, 0.25) is 0 Å². The van der Waals surface area contributed by atoms with Crippen LogP contribution < -0.4 is 4.74 Å². The van der Waals surface area contributed by atoms with Crippen molar-refractivity contribution in [3.8, 4) is 17.3 Å². The Morgan fingerprint density at radius 3 is 2.50 bits per heavy atom. The summed E-state index contributed by atoms with van der Waals surface area (Å²) in [6.07, 6.45) is 1.88. The number of benzene rings is 2. The maximum atomic E-state index is 14.5. The fourth-order valence-electron chi connectivity index (χ4n) is 3.95. The minimum absolute atomic E-state index is 0.0682. The van der Waals surface area contributed by atoms with Gasteiger partial charge < -0.3 is 14.6 Å². The number of rotatable bonds is 12. The molecule has 2 aromatic carbocycles. The van der Waals surface area contributed by atoms with Crippen LogP contribution in [0, 0.1) is 18.7 Å². The number of aromatic nitrogens is 2. The molecule has 6 nitrogen and oxygen atoms in total. The van der Waals surface area contributed by atoms with Gasteiger partial charge in [-0.3, -0.25) is 4.90 Å². The smallest absolute Gasteiger partial charge is 0.227 e. The summed E-state index contributed by atoms with van der Waals surface area (Å²) in [7, 11) is 0. The van der Waals surface area contributed by atoms with Crippen molar-refractivity contribution in [3.63, 3.8) is 0 Å². The Balaban J connectivity index is 1.64. The summed E-state index contributed by atoms with van der Waals surface area (Å²) >= 11 is 0. The zero-order valence-corrected chi connectivity index (χ0v) is 20.2. The first-order valence-corrected chi connectivity index (χ1v) is 12.0. The van der Waals surface area contributed by atoms with Crippen molar-refractivity contribution in [2.24, 2.45) is 5.92 Å². The van der Waals surface area contributed by atoms with Crippen molar-refractivity contribution in [1.29, 1.82) is 0 Å². The number of hydrogen-bond acceptors (Lipinski definition) is 5. The molecule has 1 unspecified atom stereocenters. The number of para-hydroxylation sites is 2. The molecule has 1 aliphatic carbocycles. The molecule has 1 aliphatic rings. The lowest BCUT2D eigenvalue weighted by atomic mass is 10.2. The van der Waals surface area contributed by atoms with E-state index in [9.17, 15) is 9.50 Å². The van der Waals surface area contributed by atoms with Crippen molar-refractivity contribution < 1.29 is 19.0 Å². The Morgan fingerprint density at radius 1 is 1.12 bits per heavy atom. The van der Waals surface area contributed by atoms with Gasteiger partial charge in [0.1, 0.15) is 0 Å². The lowest BCUT2D eigenvalue weighted by Gasteiger charge is -2.26. The highest BCUT2D eigenvalue weighted by molar-refractivity contribution is 5.43. The topological polar surface area (TPSA) is 59.8 Å². The molecule has 0 amide bonds. The molecule has 182 valence electrons. The molecule has 1 saturated carbocycles. The van der Waals surface area contributed by atoms with Gasteiger partial charge in [-0.05, 0) is 63.8 Å². The van der Waals surface area contributed by atoms with Crippen LogP contribution >= 0.6 is 0 Å². The maximum absolute atomic E-state index is 14.5. The number of ether oxygens (including phenoxy) is 2. The van der Waals surface area contributed by atoms with Gasteiger partial charge in [0.2, 0.25) is 5.88 Å². The highest BCUT2D eigenvalue weighted by Crippen LogP contribution is 2.34. The third-order valence-electron chi connectivity index (χ3n) is 5.87. The van der Waals surface area contributed by atoms with E-state index < -0.39 is 11.9 Å². The molecule has 4 rings (SSSR count). The second-order valence-corrected chi connectivity index (χ2v) is 9.32. The summed E-state index contributed by atoms with van der Waals surface area (Å²) in [6, 6.07) is 16.1. The molecule has 0 saturated heterocycles. The summed E-state index contributed by atoms with van der Waals surface area (Å²) in [4.78, 5) is 2.24. The van der Waals surface area contributed by atoms with Crippen LogP contribution in [0.5, 0.6) is 11.6 Å². The standard InChI is InChI=1S/C27H34FN3O3/c1-19(2)33-18-23(32)16-30(15-21-13-14-21)17-24-20(3)29-31(22-9-5-4-6-10-22)27(24)34-26-12-8-7-11-25(26)28/h4-12,19,21,23,32H,13-18H2,1-3H3. The second kappa shape index (κ2) is 11.1. The van der Waals surface area contributed by atoms with E-state index >= 15 is 0 Å². The Morgan fingerprint density at radius 2 is 1.82 bits per heavy atom. The van der Waals surface area contributed by atoms with E-state index in [1.807, 2.05) is 51.1 Å². The lowest BCUT2D eigenvalue weighted by molar-refractivity contribution is -0.0101. The predicted molar refractivity (Wildman–Crippen MR) is 130 cm³/mol. The molecule has 0 radical (unpaired) electrons.